The minimum atomic E-state index is -0.618. The van der Waals surface area contributed by atoms with Crippen molar-refractivity contribution in [2.75, 3.05) is 6.61 Å². The van der Waals surface area contributed by atoms with Crippen LogP contribution in [-0.4, -0.2) is 6.61 Å². The Labute approximate surface area is 179 Å². The van der Waals surface area contributed by atoms with Gasteiger partial charge in [-0.1, -0.05) is 57.4 Å². The van der Waals surface area contributed by atoms with Gasteiger partial charge in [0.05, 0.1) is 5.39 Å². The standard InChI is InChI=1S/C27H34F2O/c1-3-5-6-18-7-8-20-15-21(10-9-19(20)14-18)23-16-22-11-12-25(30-13-4-2)27(29)26(22)24(28)17-23/h4,11-12,16-21H,2-3,5-10,13-15H2,1H3/t18?,19-,20?,21-/m1/s1. The first-order chi connectivity index (χ1) is 14.6. The van der Waals surface area contributed by atoms with Crippen LogP contribution in [0.3, 0.4) is 0 Å². The lowest BCUT2D eigenvalue weighted by Gasteiger charge is -2.42. The van der Waals surface area contributed by atoms with E-state index in [0.29, 0.717) is 11.3 Å². The van der Waals surface area contributed by atoms with Gasteiger partial charge in [-0.25, -0.2) is 8.78 Å². The monoisotopic (exact) mass is 412 g/mol. The molecule has 0 amide bonds. The van der Waals surface area contributed by atoms with E-state index in [0.717, 1.165) is 36.2 Å². The van der Waals surface area contributed by atoms with Gasteiger partial charge in [-0.3, -0.25) is 0 Å². The molecule has 2 aliphatic rings. The van der Waals surface area contributed by atoms with Crippen molar-refractivity contribution in [2.45, 2.75) is 70.6 Å². The van der Waals surface area contributed by atoms with Gasteiger partial charge in [0.1, 0.15) is 12.4 Å². The summed E-state index contributed by atoms with van der Waals surface area (Å²) in [5.41, 5.74) is 1.03. The van der Waals surface area contributed by atoms with Gasteiger partial charge in [-0.2, -0.15) is 0 Å². The lowest BCUT2D eigenvalue weighted by molar-refractivity contribution is 0.113. The number of fused-ring (bicyclic) bond motifs is 2. The van der Waals surface area contributed by atoms with Crippen molar-refractivity contribution in [3.05, 3.63) is 54.1 Å². The van der Waals surface area contributed by atoms with Gasteiger partial charge in [-0.15, -0.1) is 0 Å². The molecule has 30 heavy (non-hydrogen) atoms. The molecule has 0 saturated heterocycles. The topological polar surface area (TPSA) is 9.23 Å². The first-order valence-corrected chi connectivity index (χ1v) is 11.8. The minimum absolute atomic E-state index is 0.0328. The summed E-state index contributed by atoms with van der Waals surface area (Å²) >= 11 is 0. The number of hydrogen-bond acceptors (Lipinski definition) is 1. The van der Waals surface area contributed by atoms with E-state index < -0.39 is 11.6 Å². The Balaban J connectivity index is 1.50. The largest absolute Gasteiger partial charge is 0.486 e. The van der Waals surface area contributed by atoms with Crippen LogP contribution in [0.15, 0.2) is 36.9 Å². The second-order valence-corrected chi connectivity index (χ2v) is 9.43. The predicted octanol–water partition coefficient (Wildman–Crippen LogP) is 8.17. The fourth-order valence-corrected chi connectivity index (χ4v) is 5.91. The summed E-state index contributed by atoms with van der Waals surface area (Å²) in [6.07, 6.45) is 13.2. The molecule has 2 aromatic rings. The molecule has 0 aromatic heterocycles. The van der Waals surface area contributed by atoms with E-state index in [2.05, 4.69) is 13.5 Å². The summed E-state index contributed by atoms with van der Waals surface area (Å²) in [5, 5.41) is 0.657. The van der Waals surface area contributed by atoms with E-state index in [9.17, 15) is 8.78 Å². The first-order valence-electron chi connectivity index (χ1n) is 11.8. The van der Waals surface area contributed by atoms with Crippen LogP contribution in [0.25, 0.3) is 10.8 Å². The van der Waals surface area contributed by atoms with Crippen LogP contribution in [0.4, 0.5) is 8.78 Å². The molecule has 3 heteroatoms. The van der Waals surface area contributed by atoms with Crippen molar-refractivity contribution in [3.63, 3.8) is 0 Å². The van der Waals surface area contributed by atoms with Gasteiger partial charge < -0.3 is 4.74 Å². The average molecular weight is 413 g/mol. The molecule has 2 fully saturated rings. The van der Waals surface area contributed by atoms with Crippen LogP contribution < -0.4 is 4.74 Å². The Hall–Kier alpha value is -1.90. The van der Waals surface area contributed by atoms with Gasteiger partial charge in [0, 0.05) is 0 Å². The highest BCUT2D eigenvalue weighted by Crippen LogP contribution is 2.49. The van der Waals surface area contributed by atoms with Gasteiger partial charge >= 0.3 is 0 Å². The van der Waals surface area contributed by atoms with E-state index in [-0.39, 0.29) is 17.7 Å². The Kier molecular flexibility index (Phi) is 6.75. The van der Waals surface area contributed by atoms with Crippen LogP contribution in [-0.2, 0) is 0 Å². The number of rotatable bonds is 7. The molecular weight excluding hydrogens is 378 g/mol. The SMILES string of the molecule is C=CCOc1ccc2cc([C@@H]3CC[C@@H]4CC(CCCC)CCC4C3)cc(F)c2c1F. The molecule has 0 heterocycles. The van der Waals surface area contributed by atoms with E-state index in [1.54, 1.807) is 24.3 Å². The molecule has 0 radical (unpaired) electrons. The third-order valence-electron chi connectivity index (χ3n) is 7.51. The normalized spacial score (nSPS) is 26.4. The molecule has 4 atom stereocenters. The molecular formula is C27H34F2O. The molecule has 2 aromatic carbocycles. The van der Waals surface area contributed by atoms with Crippen molar-refractivity contribution in [2.24, 2.45) is 17.8 Å². The third-order valence-corrected chi connectivity index (χ3v) is 7.51. The number of halogens is 2. The highest BCUT2D eigenvalue weighted by molar-refractivity contribution is 5.86. The highest BCUT2D eigenvalue weighted by Gasteiger charge is 2.36. The predicted molar refractivity (Wildman–Crippen MR) is 120 cm³/mol. The molecule has 162 valence electrons. The molecule has 1 nitrogen and oxygen atoms in total. The number of ether oxygens (including phenoxy) is 1. The number of unbranched alkanes of at least 4 members (excludes halogenated alkanes) is 1. The quantitative estimate of drug-likeness (QED) is 0.417. The zero-order valence-electron chi connectivity index (χ0n) is 18.1. The van der Waals surface area contributed by atoms with Crippen LogP contribution in [0.1, 0.15) is 76.2 Å². The van der Waals surface area contributed by atoms with Crippen LogP contribution in [0.5, 0.6) is 5.75 Å². The molecule has 0 N–H and O–H groups in total. The van der Waals surface area contributed by atoms with Crippen LogP contribution >= 0.6 is 0 Å². The summed E-state index contributed by atoms with van der Waals surface area (Å²) < 4.78 is 35.1. The molecule has 4 rings (SSSR count). The van der Waals surface area contributed by atoms with Gasteiger partial charge in [0.15, 0.2) is 11.6 Å². The summed E-state index contributed by atoms with van der Waals surface area (Å²) in [7, 11) is 0. The Bertz CT molecular complexity index is 890. The summed E-state index contributed by atoms with van der Waals surface area (Å²) in [6.45, 7) is 6.05. The molecule has 2 unspecified atom stereocenters. The third kappa shape index (κ3) is 4.40. The van der Waals surface area contributed by atoms with Crippen molar-refractivity contribution in [1.29, 1.82) is 0 Å². The Morgan fingerprint density at radius 1 is 1.07 bits per heavy atom. The van der Waals surface area contributed by atoms with Gasteiger partial charge in [-0.05, 0) is 78.9 Å². The maximum atomic E-state index is 15.0. The minimum Gasteiger partial charge on any atom is -0.486 e. The smallest absolute Gasteiger partial charge is 0.175 e. The molecule has 2 aliphatic carbocycles. The lowest BCUT2D eigenvalue weighted by atomic mass is 9.63. The van der Waals surface area contributed by atoms with E-state index in [1.165, 1.54) is 44.9 Å². The second-order valence-electron chi connectivity index (χ2n) is 9.43. The molecule has 0 spiro atoms. The summed E-state index contributed by atoms with van der Waals surface area (Å²) in [4.78, 5) is 0. The van der Waals surface area contributed by atoms with Crippen LogP contribution in [0.2, 0.25) is 0 Å². The highest BCUT2D eigenvalue weighted by atomic mass is 19.1. The van der Waals surface area contributed by atoms with Gasteiger partial charge in [0.25, 0.3) is 0 Å². The van der Waals surface area contributed by atoms with E-state index >= 15 is 0 Å². The van der Waals surface area contributed by atoms with Gasteiger partial charge in [0.2, 0.25) is 0 Å². The van der Waals surface area contributed by atoms with E-state index in [4.69, 9.17) is 4.74 Å². The van der Waals surface area contributed by atoms with Crippen molar-refractivity contribution < 1.29 is 13.5 Å². The molecule has 2 saturated carbocycles. The average Bonchev–Trinajstić information content (AvgIpc) is 2.76. The fraction of sp³-hybridized carbons (Fsp3) is 0.556. The van der Waals surface area contributed by atoms with Crippen LogP contribution in [0, 0.1) is 29.4 Å². The molecule has 0 bridgehead atoms. The number of benzene rings is 2. The maximum absolute atomic E-state index is 15.0. The Morgan fingerprint density at radius 3 is 2.67 bits per heavy atom. The zero-order valence-corrected chi connectivity index (χ0v) is 18.1. The summed E-state index contributed by atoms with van der Waals surface area (Å²) in [6, 6.07) is 6.93. The van der Waals surface area contributed by atoms with Crippen molar-refractivity contribution in [3.8, 4) is 5.75 Å². The van der Waals surface area contributed by atoms with E-state index in [1.807, 2.05) is 6.07 Å². The van der Waals surface area contributed by atoms with Crippen molar-refractivity contribution >= 4 is 10.8 Å². The maximum Gasteiger partial charge on any atom is 0.175 e. The Morgan fingerprint density at radius 2 is 1.87 bits per heavy atom. The zero-order chi connectivity index (χ0) is 21.1. The second kappa shape index (κ2) is 9.49. The molecule has 0 aliphatic heterocycles. The number of hydrogen-bond donors (Lipinski definition) is 0. The fourth-order valence-electron chi connectivity index (χ4n) is 5.91. The first kappa shape index (κ1) is 21.3. The lowest BCUT2D eigenvalue weighted by Crippen LogP contribution is -2.30. The van der Waals surface area contributed by atoms with Crippen molar-refractivity contribution in [1.82, 2.24) is 0 Å². The summed E-state index contributed by atoms with van der Waals surface area (Å²) in [5.74, 6) is 1.91.